The molecule has 0 atom stereocenters. The Kier molecular flexibility index (Phi) is 4.11. The van der Waals surface area contributed by atoms with Crippen LogP contribution < -0.4 is 0 Å². The van der Waals surface area contributed by atoms with Crippen LogP contribution in [0, 0.1) is 0 Å². The Morgan fingerprint density at radius 3 is 2.65 bits per heavy atom. The molecule has 3 nitrogen and oxygen atoms in total. The van der Waals surface area contributed by atoms with E-state index < -0.39 is 0 Å². The van der Waals surface area contributed by atoms with Gasteiger partial charge in [-0.25, -0.2) is 0 Å². The molecule has 1 fully saturated rings. The van der Waals surface area contributed by atoms with Gasteiger partial charge in [0.05, 0.1) is 5.70 Å². The number of piperazine rings is 1. The van der Waals surface area contributed by atoms with Crippen molar-refractivity contribution in [3.8, 4) is 0 Å². The van der Waals surface area contributed by atoms with Crippen LogP contribution in [0.1, 0.15) is 26.2 Å². The van der Waals surface area contributed by atoms with Gasteiger partial charge in [-0.15, -0.1) is 0 Å². The molecular weight excluding hydrogens is 236 g/mol. The highest BCUT2D eigenvalue weighted by Gasteiger charge is 2.22. The van der Waals surface area contributed by atoms with Gasteiger partial charge in [0.15, 0.2) is 0 Å². The second kappa shape index (κ2) is 5.58. The Hall–Kier alpha value is -0.960. The zero-order valence-corrected chi connectivity index (χ0v) is 11.0. The molecule has 1 heterocycles. The molecule has 0 bridgehead atoms. The highest BCUT2D eigenvalue weighted by atomic mass is 35.5. The van der Waals surface area contributed by atoms with Crippen LogP contribution in [0.3, 0.4) is 0 Å². The van der Waals surface area contributed by atoms with Crippen molar-refractivity contribution in [2.45, 2.75) is 26.2 Å². The molecule has 2 aliphatic rings. The van der Waals surface area contributed by atoms with Gasteiger partial charge in [-0.3, -0.25) is 4.79 Å². The molecule has 0 aromatic rings. The summed E-state index contributed by atoms with van der Waals surface area (Å²) >= 11 is 6.25. The van der Waals surface area contributed by atoms with E-state index in [0.29, 0.717) is 6.42 Å². The summed E-state index contributed by atoms with van der Waals surface area (Å²) in [6, 6.07) is 0. The third kappa shape index (κ3) is 2.83. The Labute approximate surface area is 108 Å². The standard InChI is InChI=1S/C13H19ClN2O/c1-2-13(17)16-9-7-15(8-10-16)12-6-4-3-5-11(12)14/h4,6H,2-3,5,7-10H2,1H3. The minimum absolute atomic E-state index is 0.254. The maximum atomic E-state index is 11.6. The number of nitrogens with zero attached hydrogens (tertiary/aromatic N) is 2. The number of hydrogen-bond donors (Lipinski definition) is 0. The van der Waals surface area contributed by atoms with Crippen molar-refractivity contribution in [1.29, 1.82) is 0 Å². The molecule has 0 radical (unpaired) electrons. The van der Waals surface area contributed by atoms with E-state index in [1.165, 1.54) is 0 Å². The third-order valence-corrected chi connectivity index (χ3v) is 3.74. The average Bonchev–Trinajstić information content (AvgIpc) is 2.39. The fourth-order valence-corrected chi connectivity index (χ4v) is 2.61. The predicted molar refractivity (Wildman–Crippen MR) is 69.7 cm³/mol. The lowest BCUT2D eigenvalue weighted by molar-refractivity contribution is -0.132. The van der Waals surface area contributed by atoms with Crippen LogP contribution >= 0.6 is 11.6 Å². The number of carbonyl (C=O) groups is 1. The van der Waals surface area contributed by atoms with Crippen LogP contribution in [0.25, 0.3) is 0 Å². The quantitative estimate of drug-likeness (QED) is 0.755. The number of amides is 1. The topological polar surface area (TPSA) is 23.6 Å². The second-order valence-electron chi connectivity index (χ2n) is 4.45. The van der Waals surface area contributed by atoms with Crippen LogP contribution in [0.4, 0.5) is 0 Å². The summed E-state index contributed by atoms with van der Waals surface area (Å²) in [5.41, 5.74) is 1.15. The molecule has 0 spiro atoms. The number of rotatable bonds is 2. The number of halogens is 1. The molecule has 4 heteroatoms. The molecule has 0 aromatic heterocycles. The fraction of sp³-hybridized carbons (Fsp3) is 0.615. The van der Waals surface area contributed by atoms with Gasteiger partial charge >= 0.3 is 0 Å². The lowest BCUT2D eigenvalue weighted by Gasteiger charge is -2.37. The maximum Gasteiger partial charge on any atom is 0.222 e. The predicted octanol–water partition coefficient (Wildman–Crippen LogP) is 2.34. The van der Waals surface area contributed by atoms with E-state index in [-0.39, 0.29) is 5.91 Å². The molecule has 0 N–H and O–H groups in total. The summed E-state index contributed by atoms with van der Waals surface area (Å²) in [6.07, 6.45) is 6.87. The van der Waals surface area contributed by atoms with Crippen molar-refractivity contribution < 1.29 is 4.79 Å². The highest BCUT2D eigenvalue weighted by molar-refractivity contribution is 6.30. The zero-order chi connectivity index (χ0) is 12.3. The first-order valence-corrected chi connectivity index (χ1v) is 6.68. The van der Waals surface area contributed by atoms with Crippen LogP contribution in [0.5, 0.6) is 0 Å². The molecule has 1 saturated heterocycles. The molecule has 94 valence electrons. The number of hydrogen-bond acceptors (Lipinski definition) is 2. The van der Waals surface area contributed by atoms with E-state index in [9.17, 15) is 4.79 Å². The highest BCUT2D eigenvalue weighted by Crippen LogP contribution is 2.25. The number of carbonyl (C=O) groups excluding carboxylic acids is 1. The van der Waals surface area contributed by atoms with Gasteiger partial charge in [0.25, 0.3) is 0 Å². The first-order valence-electron chi connectivity index (χ1n) is 6.30. The van der Waals surface area contributed by atoms with Gasteiger partial charge in [-0.2, -0.15) is 0 Å². The van der Waals surface area contributed by atoms with Crippen molar-refractivity contribution in [2.24, 2.45) is 0 Å². The SMILES string of the molecule is CCC(=O)N1CCN(C2=C(Cl)CCC=C2)CC1. The molecule has 0 unspecified atom stereocenters. The first kappa shape index (κ1) is 12.5. The van der Waals surface area contributed by atoms with Gasteiger partial charge < -0.3 is 9.80 Å². The molecule has 1 amide bonds. The minimum Gasteiger partial charge on any atom is -0.367 e. The molecule has 1 aliphatic carbocycles. The van der Waals surface area contributed by atoms with Crippen LogP contribution in [0.15, 0.2) is 22.9 Å². The summed E-state index contributed by atoms with van der Waals surface area (Å²) in [7, 11) is 0. The van der Waals surface area contributed by atoms with E-state index >= 15 is 0 Å². The lowest BCUT2D eigenvalue weighted by atomic mass is 10.1. The molecule has 0 aromatic carbocycles. The van der Waals surface area contributed by atoms with E-state index in [1.54, 1.807) is 0 Å². The number of allylic oxidation sites excluding steroid dienone is 3. The monoisotopic (exact) mass is 254 g/mol. The average molecular weight is 255 g/mol. The van der Waals surface area contributed by atoms with Gasteiger partial charge in [0.2, 0.25) is 5.91 Å². The molecule has 2 rings (SSSR count). The lowest BCUT2D eigenvalue weighted by Crippen LogP contribution is -2.48. The van der Waals surface area contributed by atoms with Crippen molar-refractivity contribution in [3.63, 3.8) is 0 Å². The largest absolute Gasteiger partial charge is 0.367 e. The van der Waals surface area contributed by atoms with Crippen molar-refractivity contribution in [2.75, 3.05) is 26.2 Å². The Morgan fingerprint density at radius 2 is 2.06 bits per heavy atom. The van der Waals surface area contributed by atoms with Gasteiger partial charge in [0, 0.05) is 37.6 Å². The Bertz CT molecular complexity index is 354. The summed E-state index contributed by atoms with van der Waals surface area (Å²) < 4.78 is 0. The first-order chi connectivity index (χ1) is 8.22. The second-order valence-corrected chi connectivity index (χ2v) is 4.91. The Balaban J connectivity index is 1.95. The molecule has 1 aliphatic heterocycles. The van der Waals surface area contributed by atoms with Gasteiger partial charge in [0.1, 0.15) is 0 Å². The molecule has 0 saturated carbocycles. The third-order valence-electron chi connectivity index (χ3n) is 3.36. The van der Waals surface area contributed by atoms with Crippen molar-refractivity contribution in [3.05, 3.63) is 22.9 Å². The fourth-order valence-electron chi connectivity index (χ4n) is 2.32. The minimum atomic E-state index is 0.254. The van der Waals surface area contributed by atoms with E-state index in [2.05, 4.69) is 17.1 Å². The van der Waals surface area contributed by atoms with E-state index in [0.717, 1.165) is 49.7 Å². The van der Waals surface area contributed by atoms with E-state index in [1.807, 2.05) is 11.8 Å². The molecule has 17 heavy (non-hydrogen) atoms. The van der Waals surface area contributed by atoms with Gasteiger partial charge in [-0.05, 0) is 18.9 Å². The van der Waals surface area contributed by atoms with Gasteiger partial charge in [-0.1, -0.05) is 24.6 Å². The molecular formula is C13H19ClN2O. The van der Waals surface area contributed by atoms with Crippen LogP contribution in [0.2, 0.25) is 0 Å². The summed E-state index contributed by atoms with van der Waals surface area (Å²) in [5.74, 6) is 0.254. The van der Waals surface area contributed by atoms with Crippen molar-refractivity contribution >= 4 is 17.5 Å². The summed E-state index contributed by atoms with van der Waals surface area (Å²) in [4.78, 5) is 15.8. The van der Waals surface area contributed by atoms with E-state index in [4.69, 9.17) is 11.6 Å². The summed E-state index contributed by atoms with van der Waals surface area (Å²) in [6.45, 7) is 5.32. The Morgan fingerprint density at radius 1 is 1.35 bits per heavy atom. The van der Waals surface area contributed by atoms with Crippen LogP contribution in [-0.4, -0.2) is 41.9 Å². The normalized spacial score (nSPS) is 21.1. The smallest absolute Gasteiger partial charge is 0.222 e. The van der Waals surface area contributed by atoms with Crippen LogP contribution in [-0.2, 0) is 4.79 Å². The summed E-state index contributed by atoms with van der Waals surface area (Å²) in [5, 5.41) is 0.961. The van der Waals surface area contributed by atoms with Crippen molar-refractivity contribution in [1.82, 2.24) is 9.80 Å². The maximum absolute atomic E-state index is 11.6. The zero-order valence-electron chi connectivity index (χ0n) is 10.3.